The quantitative estimate of drug-likeness (QED) is 0.559. The van der Waals surface area contributed by atoms with Crippen molar-refractivity contribution >= 4 is 5.69 Å². The van der Waals surface area contributed by atoms with Gasteiger partial charge in [0.2, 0.25) is 0 Å². The highest BCUT2D eigenvalue weighted by Crippen LogP contribution is 2.13. The topological polar surface area (TPSA) is 44.5 Å². The average Bonchev–Trinajstić information content (AvgIpc) is 2.18. The lowest BCUT2D eigenvalue weighted by Gasteiger charge is -2.06. The van der Waals surface area contributed by atoms with Crippen LogP contribution in [0, 0.1) is 0 Å². The second kappa shape index (κ2) is 6.21. The van der Waals surface area contributed by atoms with Crippen molar-refractivity contribution in [3.8, 4) is 5.75 Å². The van der Waals surface area contributed by atoms with Gasteiger partial charge in [-0.05, 0) is 12.1 Å². The molecule has 0 unspecified atom stereocenters. The van der Waals surface area contributed by atoms with Crippen LogP contribution in [0.1, 0.15) is 0 Å². The molecule has 0 aliphatic rings. The number of nitrogens with two attached hydrogens (primary N) is 1. The molecule has 78 valence electrons. The summed E-state index contributed by atoms with van der Waals surface area (Å²) < 4.78 is 21.8. The predicted octanol–water partition coefficient (Wildman–Crippen LogP) is 1.63. The van der Waals surface area contributed by atoms with Crippen LogP contribution in [0.2, 0.25) is 0 Å². The van der Waals surface area contributed by atoms with Crippen LogP contribution < -0.4 is 10.5 Å². The van der Waals surface area contributed by atoms with E-state index in [0.29, 0.717) is 24.7 Å². The zero-order chi connectivity index (χ0) is 10.2. The first-order valence-corrected chi connectivity index (χ1v) is 4.45. The van der Waals surface area contributed by atoms with Crippen LogP contribution in [-0.2, 0) is 4.74 Å². The Bertz CT molecular complexity index is 268. The van der Waals surface area contributed by atoms with Gasteiger partial charge in [0.05, 0.1) is 13.2 Å². The molecule has 1 aromatic carbocycles. The fourth-order valence-electron chi connectivity index (χ4n) is 0.979. The maximum atomic E-state index is 11.6. The van der Waals surface area contributed by atoms with E-state index in [2.05, 4.69) is 0 Å². The van der Waals surface area contributed by atoms with E-state index < -0.39 is 6.67 Å². The third-order valence-corrected chi connectivity index (χ3v) is 1.58. The molecule has 0 aliphatic carbocycles. The Labute approximate surface area is 82.6 Å². The van der Waals surface area contributed by atoms with Gasteiger partial charge in [0.15, 0.2) is 0 Å². The summed E-state index contributed by atoms with van der Waals surface area (Å²) in [7, 11) is 0. The molecule has 0 spiro atoms. The lowest BCUT2D eigenvalue weighted by atomic mass is 10.3. The number of benzene rings is 1. The average molecular weight is 199 g/mol. The van der Waals surface area contributed by atoms with Crippen molar-refractivity contribution in [2.75, 3.05) is 32.2 Å². The molecule has 0 fully saturated rings. The summed E-state index contributed by atoms with van der Waals surface area (Å²) in [6, 6.07) is 7.14. The maximum Gasteiger partial charge on any atom is 0.121 e. The van der Waals surface area contributed by atoms with Crippen molar-refractivity contribution in [1.82, 2.24) is 0 Å². The SMILES string of the molecule is Nc1cccc(OCCOCCF)c1. The third-order valence-electron chi connectivity index (χ3n) is 1.58. The number of hydrogen-bond donors (Lipinski definition) is 1. The lowest BCUT2D eigenvalue weighted by molar-refractivity contribution is 0.0897. The molecule has 0 amide bonds. The zero-order valence-electron chi connectivity index (χ0n) is 7.91. The van der Waals surface area contributed by atoms with E-state index in [9.17, 15) is 4.39 Å². The maximum absolute atomic E-state index is 11.6. The van der Waals surface area contributed by atoms with Crippen LogP contribution in [0.4, 0.5) is 10.1 Å². The number of rotatable bonds is 6. The summed E-state index contributed by atoms with van der Waals surface area (Å²) in [6.07, 6.45) is 0. The first-order valence-electron chi connectivity index (χ1n) is 4.45. The number of ether oxygens (including phenoxy) is 2. The Morgan fingerprint density at radius 1 is 1.21 bits per heavy atom. The molecule has 0 saturated heterocycles. The van der Waals surface area contributed by atoms with Crippen molar-refractivity contribution in [2.24, 2.45) is 0 Å². The third kappa shape index (κ3) is 4.09. The molecule has 0 heterocycles. The van der Waals surface area contributed by atoms with Gasteiger partial charge in [-0.2, -0.15) is 0 Å². The van der Waals surface area contributed by atoms with Crippen molar-refractivity contribution in [3.63, 3.8) is 0 Å². The predicted molar refractivity (Wildman–Crippen MR) is 53.1 cm³/mol. The highest BCUT2D eigenvalue weighted by Gasteiger charge is 1.93. The van der Waals surface area contributed by atoms with Gasteiger partial charge in [0, 0.05) is 11.8 Å². The van der Waals surface area contributed by atoms with Crippen molar-refractivity contribution in [2.45, 2.75) is 0 Å². The molecule has 0 saturated carbocycles. The summed E-state index contributed by atoms with van der Waals surface area (Å²) in [4.78, 5) is 0. The van der Waals surface area contributed by atoms with Crippen LogP contribution in [0.5, 0.6) is 5.75 Å². The smallest absolute Gasteiger partial charge is 0.121 e. The fourth-order valence-corrected chi connectivity index (χ4v) is 0.979. The van der Waals surface area contributed by atoms with E-state index in [0.717, 1.165) is 0 Å². The normalized spacial score (nSPS) is 10.1. The Hall–Kier alpha value is -1.29. The Morgan fingerprint density at radius 3 is 2.79 bits per heavy atom. The van der Waals surface area contributed by atoms with Gasteiger partial charge in [-0.15, -0.1) is 0 Å². The van der Waals surface area contributed by atoms with Gasteiger partial charge >= 0.3 is 0 Å². The summed E-state index contributed by atoms with van der Waals surface area (Å²) in [5.41, 5.74) is 6.21. The molecule has 1 aromatic rings. The number of nitrogen functional groups attached to an aromatic ring is 1. The molecule has 1 rings (SSSR count). The van der Waals surface area contributed by atoms with Gasteiger partial charge in [-0.25, -0.2) is 4.39 Å². The number of alkyl halides is 1. The Balaban J connectivity index is 2.18. The minimum atomic E-state index is -0.460. The van der Waals surface area contributed by atoms with Gasteiger partial charge in [-0.1, -0.05) is 6.07 Å². The lowest BCUT2D eigenvalue weighted by Crippen LogP contribution is -2.08. The standard InChI is InChI=1S/C10H14FNO2/c11-4-5-13-6-7-14-10-3-1-2-9(12)8-10/h1-3,8H,4-7,12H2. The molecular weight excluding hydrogens is 185 g/mol. The molecule has 14 heavy (non-hydrogen) atoms. The molecule has 0 bridgehead atoms. The summed E-state index contributed by atoms with van der Waals surface area (Å²) >= 11 is 0. The van der Waals surface area contributed by atoms with E-state index >= 15 is 0 Å². The van der Waals surface area contributed by atoms with Gasteiger partial charge in [0.25, 0.3) is 0 Å². The molecule has 3 nitrogen and oxygen atoms in total. The van der Waals surface area contributed by atoms with E-state index in [1.54, 1.807) is 12.1 Å². The van der Waals surface area contributed by atoms with Crippen LogP contribution in [0.25, 0.3) is 0 Å². The van der Waals surface area contributed by atoms with Gasteiger partial charge in [-0.3, -0.25) is 0 Å². The molecule has 4 heteroatoms. The van der Waals surface area contributed by atoms with Crippen molar-refractivity contribution < 1.29 is 13.9 Å². The van der Waals surface area contributed by atoms with E-state index in [1.807, 2.05) is 12.1 Å². The molecule has 2 N–H and O–H groups in total. The molecule has 0 aliphatic heterocycles. The molecule has 0 aromatic heterocycles. The number of halogens is 1. The second-order valence-corrected chi connectivity index (χ2v) is 2.72. The minimum Gasteiger partial charge on any atom is -0.491 e. The minimum absolute atomic E-state index is 0.125. The van der Waals surface area contributed by atoms with Gasteiger partial charge < -0.3 is 15.2 Å². The van der Waals surface area contributed by atoms with Crippen LogP contribution in [0.3, 0.4) is 0 Å². The van der Waals surface area contributed by atoms with Gasteiger partial charge in [0.1, 0.15) is 19.0 Å². The highest BCUT2D eigenvalue weighted by molar-refractivity contribution is 5.43. The molecule has 0 atom stereocenters. The molecular formula is C10H14FNO2. The van der Waals surface area contributed by atoms with Crippen LogP contribution in [0.15, 0.2) is 24.3 Å². The van der Waals surface area contributed by atoms with E-state index in [1.165, 1.54) is 0 Å². The summed E-state index contributed by atoms with van der Waals surface area (Å²) in [6.45, 7) is 0.459. The largest absolute Gasteiger partial charge is 0.491 e. The zero-order valence-corrected chi connectivity index (χ0v) is 7.91. The highest BCUT2D eigenvalue weighted by atomic mass is 19.1. The number of anilines is 1. The summed E-state index contributed by atoms with van der Waals surface area (Å²) in [5, 5.41) is 0. The van der Waals surface area contributed by atoms with E-state index in [-0.39, 0.29) is 6.61 Å². The van der Waals surface area contributed by atoms with E-state index in [4.69, 9.17) is 15.2 Å². The van der Waals surface area contributed by atoms with Crippen molar-refractivity contribution in [1.29, 1.82) is 0 Å². The Kier molecular flexibility index (Phi) is 4.78. The van der Waals surface area contributed by atoms with Crippen LogP contribution in [-0.4, -0.2) is 26.5 Å². The molecule has 0 radical (unpaired) electrons. The first-order chi connectivity index (χ1) is 6.83. The first kappa shape index (κ1) is 10.8. The van der Waals surface area contributed by atoms with Crippen molar-refractivity contribution in [3.05, 3.63) is 24.3 Å². The van der Waals surface area contributed by atoms with Crippen LogP contribution >= 0.6 is 0 Å². The summed E-state index contributed by atoms with van der Waals surface area (Å²) in [5.74, 6) is 0.703. The second-order valence-electron chi connectivity index (χ2n) is 2.72. The Morgan fingerprint density at radius 2 is 2.07 bits per heavy atom. The number of hydrogen-bond acceptors (Lipinski definition) is 3. The fraction of sp³-hybridized carbons (Fsp3) is 0.400. The monoisotopic (exact) mass is 199 g/mol.